The third kappa shape index (κ3) is 4.80. The molecule has 8 nitrogen and oxygen atoms in total. The fraction of sp³-hybridized carbons (Fsp3) is 0.423. The molecule has 3 aromatic heterocycles. The maximum Gasteiger partial charge on any atom is 0.330 e. The molecule has 0 aliphatic heterocycles. The smallest absolute Gasteiger partial charge is 0.289 e. The number of imidazole rings is 1. The minimum atomic E-state index is -0.0120. The first-order valence-electron chi connectivity index (χ1n) is 12.4. The van der Waals surface area contributed by atoms with Crippen molar-refractivity contribution in [2.75, 3.05) is 0 Å². The van der Waals surface area contributed by atoms with E-state index in [9.17, 15) is 4.79 Å². The second-order valence-electron chi connectivity index (χ2n) is 9.21. The number of aromatic nitrogens is 7. The zero-order valence-electron chi connectivity index (χ0n) is 20.0. The summed E-state index contributed by atoms with van der Waals surface area (Å²) in [6.45, 7) is 2.56. The van der Waals surface area contributed by atoms with Gasteiger partial charge in [-0.1, -0.05) is 74.5 Å². The third-order valence-electron chi connectivity index (χ3n) is 6.90. The number of H-pyrrole nitrogens is 1. The second-order valence-corrected chi connectivity index (χ2v) is 9.56. The summed E-state index contributed by atoms with van der Waals surface area (Å²) >= 11 is 6.84. The summed E-state index contributed by atoms with van der Waals surface area (Å²) < 4.78 is 3.69. The largest absolute Gasteiger partial charge is 0.330 e. The minimum absolute atomic E-state index is 0.0120. The van der Waals surface area contributed by atoms with Gasteiger partial charge in [-0.25, -0.2) is 9.89 Å². The van der Waals surface area contributed by atoms with Crippen molar-refractivity contribution in [3.05, 3.63) is 69.6 Å². The highest BCUT2D eigenvalue weighted by atomic mass is 35.5. The summed E-state index contributed by atoms with van der Waals surface area (Å²) in [7, 11) is 0. The summed E-state index contributed by atoms with van der Waals surface area (Å²) in [6.07, 6.45) is 10.2. The Bertz CT molecular complexity index is 1320. The first kappa shape index (κ1) is 23.5. The fourth-order valence-electron chi connectivity index (χ4n) is 5.03. The lowest BCUT2D eigenvalue weighted by Gasteiger charge is -2.22. The van der Waals surface area contributed by atoms with Gasteiger partial charge in [-0.3, -0.25) is 14.1 Å². The van der Waals surface area contributed by atoms with Crippen LogP contribution in [0.4, 0.5) is 0 Å². The van der Waals surface area contributed by atoms with E-state index in [0.717, 1.165) is 73.0 Å². The van der Waals surface area contributed by atoms with Crippen molar-refractivity contribution in [1.82, 2.24) is 34.7 Å². The number of aromatic amines is 1. The molecule has 0 atom stereocenters. The van der Waals surface area contributed by atoms with E-state index in [0.29, 0.717) is 17.5 Å². The van der Waals surface area contributed by atoms with E-state index in [2.05, 4.69) is 27.5 Å². The Morgan fingerprint density at radius 1 is 1.09 bits per heavy atom. The molecule has 1 aliphatic rings. The van der Waals surface area contributed by atoms with E-state index >= 15 is 0 Å². The van der Waals surface area contributed by atoms with Crippen molar-refractivity contribution in [2.45, 2.75) is 70.9 Å². The molecule has 4 aromatic rings. The SMILES string of the molecule is CCCCc1c(Cl)n(C2CCCCC2)c(=O)n1Cc1ccc(-c2ccccc2-c2nnn[nH]2)cn1. The first-order chi connectivity index (χ1) is 17.2. The Labute approximate surface area is 209 Å². The van der Waals surface area contributed by atoms with Crippen LogP contribution in [0.5, 0.6) is 0 Å². The van der Waals surface area contributed by atoms with Gasteiger partial charge in [0.25, 0.3) is 0 Å². The molecule has 9 heteroatoms. The van der Waals surface area contributed by atoms with Crippen molar-refractivity contribution in [3.63, 3.8) is 0 Å². The molecule has 3 heterocycles. The number of hydrogen-bond acceptors (Lipinski definition) is 5. The molecular formula is C26H30ClN7O. The molecule has 0 saturated heterocycles. The highest BCUT2D eigenvalue weighted by Crippen LogP contribution is 2.32. The predicted octanol–water partition coefficient (Wildman–Crippen LogP) is 5.44. The second kappa shape index (κ2) is 10.6. The fourth-order valence-corrected chi connectivity index (χ4v) is 5.44. The normalized spacial score (nSPS) is 14.5. The number of pyridine rings is 1. The van der Waals surface area contributed by atoms with Crippen LogP contribution < -0.4 is 5.69 Å². The number of unbranched alkanes of at least 4 members (excludes halogenated alkanes) is 1. The van der Waals surface area contributed by atoms with Crippen LogP contribution in [0.15, 0.2) is 47.4 Å². The van der Waals surface area contributed by atoms with E-state index in [1.807, 2.05) is 51.7 Å². The van der Waals surface area contributed by atoms with Crippen molar-refractivity contribution in [1.29, 1.82) is 0 Å². The van der Waals surface area contributed by atoms with Crippen molar-refractivity contribution in [2.24, 2.45) is 0 Å². The maximum atomic E-state index is 13.5. The van der Waals surface area contributed by atoms with E-state index in [-0.39, 0.29) is 11.7 Å². The van der Waals surface area contributed by atoms with Gasteiger partial charge in [0.05, 0.1) is 17.9 Å². The summed E-state index contributed by atoms with van der Waals surface area (Å²) in [5.74, 6) is 0.607. The summed E-state index contributed by atoms with van der Waals surface area (Å²) in [5.41, 5.74) is 4.58. The van der Waals surface area contributed by atoms with Crippen molar-refractivity contribution in [3.8, 4) is 22.5 Å². The molecule has 1 N–H and O–H groups in total. The van der Waals surface area contributed by atoms with Gasteiger partial charge < -0.3 is 0 Å². The first-order valence-corrected chi connectivity index (χ1v) is 12.8. The van der Waals surface area contributed by atoms with Crippen LogP contribution in [0.2, 0.25) is 5.15 Å². The molecule has 1 fully saturated rings. The molecular weight excluding hydrogens is 462 g/mol. The molecule has 0 spiro atoms. The molecule has 5 rings (SSSR count). The molecule has 182 valence electrons. The van der Waals surface area contributed by atoms with Crippen LogP contribution in [0.1, 0.15) is 69.3 Å². The van der Waals surface area contributed by atoms with E-state index in [1.165, 1.54) is 6.42 Å². The Hall–Kier alpha value is -3.26. The maximum absolute atomic E-state index is 13.5. The van der Waals surface area contributed by atoms with Crippen LogP contribution in [0, 0.1) is 0 Å². The number of nitrogens with zero attached hydrogens (tertiary/aromatic N) is 6. The van der Waals surface area contributed by atoms with Gasteiger partial charge in [-0.2, -0.15) is 0 Å². The average Bonchev–Trinajstić information content (AvgIpc) is 3.51. The lowest BCUT2D eigenvalue weighted by molar-refractivity contribution is 0.344. The number of rotatable bonds is 8. The molecule has 1 aromatic carbocycles. The summed E-state index contributed by atoms with van der Waals surface area (Å²) in [6, 6.07) is 12.1. The highest BCUT2D eigenvalue weighted by molar-refractivity contribution is 6.30. The zero-order valence-corrected chi connectivity index (χ0v) is 20.7. The number of halogens is 1. The minimum Gasteiger partial charge on any atom is -0.289 e. The van der Waals surface area contributed by atoms with Crippen LogP contribution in [0.3, 0.4) is 0 Å². The lowest BCUT2D eigenvalue weighted by Crippen LogP contribution is -2.29. The number of benzene rings is 1. The highest BCUT2D eigenvalue weighted by Gasteiger charge is 2.25. The van der Waals surface area contributed by atoms with Crippen LogP contribution in [0.25, 0.3) is 22.5 Å². The average molecular weight is 492 g/mol. The predicted molar refractivity (Wildman–Crippen MR) is 136 cm³/mol. The Morgan fingerprint density at radius 2 is 1.89 bits per heavy atom. The molecule has 0 radical (unpaired) electrons. The van der Waals surface area contributed by atoms with Gasteiger partial charge in [0.1, 0.15) is 5.15 Å². The van der Waals surface area contributed by atoms with Gasteiger partial charge >= 0.3 is 5.69 Å². The van der Waals surface area contributed by atoms with E-state index in [1.54, 1.807) is 0 Å². The molecule has 35 heavy (non-hydrogen) atoms. The van der Waals surface area contributed by atoms with Crippen LogP contribution in [-0.4, -0.2) is 34.7 Å². The zero-order chi connectivity index (χ0) is 24.2. The number of hydrogen-bond donors (Lipinski definition) is 1. The molecule has 1 saturated carbocycles. The molecule has 0 bridgehead atoms. The third-order valence-corrected chi connectivity index (χ3v) is 7.30. The van der Waals surface area contributed by atoms with Gasteiger partial charge in [0, 0.05) is 23.4 Å². The topological polar surface area (TPSA) is 94.3 Å². The monoisotopic (exact) mass is 491 g/mol. The Kier molecular flexibility index (Phi) is 7.08. The quantitative estimate of drug-likeness (QED) is 0.354. The Balaban J connectivity index is 1.45. The number of tetrazole rings is 1. The van der Waals surface area contributed by atoms with Gasteiger partial charge in [0.2, 0.25) is 0 Å². The molecule has 1 aliphatic carbocycles. The van der Waals surface area contributed by atoms with Crippen LogP contribution in [-0.2, 0) is 13.0 Å². The van der Waals surface area contributed by atoms with E-state index < -0.39 is 0 Å². The lowest BCUT2D eigenvalue weighted by atomic mass is 9.95. The molecule has 0 amide bonds. The van der Waals surface area contributed by atoms with Crippen molar-refractivity contribution < 1.29 is 0 Å². The summed E-state index contributed by atoms with van der Waals surface area (Å²) in [5, 5.41) is 14.9. The van der Waals surface area contributed by atoms with Gasteiger partial charge in [-0.15, -0.1) is 5.10 Å². The van der Waals surface area contributed by atoms with Crippen molar-refractivity contribution >= 4 is 11.6 Å². The Morgan fingerprint density at radius 3 is 2.57 bits per heavy atom. The van der Waals surface area contributed by atoms with E-state index in [4.69, 9.17) is 16.6 Å². The molecule has 0 unspecified atom stereocenters. The van der Waals surface area contributed by atoms with Crippen LogP contribution >= 0.6 is 11.6 Å². The standard InChI is InChI=1S/C26H30ClN7O/c1-2-3-13-23-24(27)34(20-9-5-4-6-10-20)26(35)33(23)17-19-15-14-18(16-28-19)21-11-7-8-12-22(21)25-29-31-32-30-25/h7-8,11-12,14-16,20H,2-6,9-10,13,17H2,1H3,(H,29,30,31,32). The summed E-state index contributed by atoms with van der Waals surface area (Å²) in [4.78, 5) is 18.2. The van der Waals surface area contributed by atoms with Gasteiger partial charge in [0.15, 0.2) is 5.82 Å². The number of nitrogens with one attached hydrogen (secondary N) is 1. The van der Waals surface area contributed by atoms with Gasteiger partial charge in [-0.05, 0) is 47.7 Å².